The van der Waals surface area contributed by atoms with E-state index in [0.717, 1.165) is 63.5 Å². The molecule has 0 spiro atoms. The van der Waals surface area contributed by atoms with Crippen molar-refractivity contribution in [1.82, 2.24) is 0 Å². The molecule has 0 aromatic heterocycles. The molecule has 2 aliphatic carbocycles. The first-order valence-corrected chi connectivity index (χ1v) is 28.5. The summed E-state index contributed by atoms with van der Waals surface area (Å²) in [6, 6.07) is 57.1. The summed E-state index contributed by atoms with van der Waals surface area (Å²) in [6.07, 6.45) is 0. The molecule has 0 saturated carbocycles. The Morgan fingerprint density at radius 3 is 0.679 bits per heavy atom. The van der Waals surface area contributed by atoms with E-state index in [0.29, 0.717) is 93.5 Å². The van der Waals surface area contributed by atoms with Crippen molar-refractivity contribution in [3.05, 3.63) is 287 Å². The Balaban J connectivity index is 0.000000147. The summed E-state index contributed by atoms with van der Waals surface area (Å²) < 4.78 is 7.94. The van der Waals surface area contributed by atoms with E-state index in [1.807, 2.05) is 72.8 Å². The lowest BCUT2D eigenvalue weighted by molar-refractivity contribution is 0.0815. The number of benzene rings is 13. The highest BCUT2D eigenvalue weighted by atomic mass is 79.9. The average molecular weight is 1240 g/mol. The van der Waals surface area contributed by atoms with Gasteiger partial charge in [-0.15, -0.1) is 9.24 Å². The second-order valence-electron chi connectivity index (χ2n) is 20.3. The van der Waals surface area contributed by atoms with Gasteiger partial charge in [0, 0.05) is 64.9 Å². The first kappa shape index (κ1) is 52.4. The zero-order valence-corrected chi connectivity index (χ0v) is 47.9. The van der Waals surface area contributed by atoms with Gasteiger partial charge in [0.2, 0.25) is 55.7 Å². The topological polar surface area (TPSA) is 171 Å². The van der Waals surface area contributed by atoms with Crippen LogP contribution < -0.4 is 32.6 Å². The fourth-order valence-electron chi connectivity index (χ4n) is 11.8. The van der Waals surface area contributed by atoms with Gasteiger partial charge in [0.05, 0.1) is 0 Å². The average Bonchev–Trinajstić information content (AvgIpc) is 2.41. The van der Waals surface area contributed by atoms with Crippen LogP contribution in [0.1, 0.15) is 42.8 Å². The van der Waals surface area contributed by atoms with E-state index in [4.69, 9.17) is 1.37 Å². The van der Waals surface area contributed by atoms with Gasteiger partial charge in [-0.3, -0.25) is 47.9 Å². The van der Waals surface area contributed by atoms with Gasteiger partial charge in [0.15, 0.2) is 0 Å². The number of rotatable bonds is 0. The number of fused-ring (bicyclic) bond motifs is 15. The first-order chi connectivity index (χ1) is 41.0. The summed E-state index contributed by atoms with van der Waals surface area (Å²) in [5.41, 5.74) is 1.73. The monoisotopic (exact) mass is 1240 g/mol. The highest BCUT2D eigenvalue weighted by Crippen LogP contribution is 2.38. The van der Waals surface area contributed by atoms with Gasteiger partial charge in [0.25, 0.3) is 0 Å². The first-order valence-electron chi connectivity index (χ1n) is 26.8. The van der Waals surface area contributed by atoms with Crippen LogP contribution in [-0.2, 0) is 0 Å². The molecule has 16 rings (SSSR count). The van der Waals surface area contributed by atoms with E-state index in [-0.39, 0.29) is 0 Å². The zero-order chi connectivity index (χ0) is 59.3. The standard InChI is InChI=1S/C42H18O6.C14H6Br2O2.C14H8O2.CH5P/c43-37-25-7-1-19-13-31(25)33-15-21(3-9-27(33)38(37)44)23-5-11-29-35(17-23)36-18-24(6-12-30(36)42(48)41(29)47)22-4-10-28-34(16-22)32-14-20(19)2-8-26(32)39(45)40(28)46;15-7-1-3-9-11(5-7)12-6-8(16)2-4-10(12)14(18)13(9)17;15-13-11-7-3-1-5-9(11)10-6-2-4-8-12(10)14(13)16;1-2/h1-18H;1-6H;1-8H;2H2,1H3/i;;;1D. The Labute approximate surface area is 494 Å². The van der Waals surface area contributed by atoms with Crippen molar-refractivity contribution in [3.63, 3.8) is 0 Å². The number of Topliss-reactive ketones (excluding diaryl/α,β-unsaturated/α-hetero) is 4. The summed E-state index contributed by atoms with van der Waals surface area (Å²) >= 11 is 6.78. The fourth-order valence-corrected chi connectivity index (χ4v) is 12.5. The minimum atomic E-state index is -0.584. The molecule has 10 nitrogen and oxygen atoms in total. The summed E-state index contributed by atoms with van der Waals surface area (Å²) in [5.74, 6) is -1.69. The van der Waals surface area contributed by atoms with Crippen LogP contribution in [0.3, 0.4) is 0 Å². The molecule has 84 heavy (non-hydrogen) atoms. The Bertz CT molecular complexity index is 5040. The lowest BCUT2D eigenvalue weighted by Gasteiger charge is -2.18. The summed E-state index contributed by atoms with van der Waals surface area (Å²) in [7, 11) is 2.25. The van der Waals surface area contributed by atoms with Crippen molar-refractivity contribution in [2.24, 2.45) is 0 Å². The lowest BCUT2D eigenvalue weighted by Crippen LogP contribution is -2.24. The summed E-state index contributed by atoms with van der Waals surface area (Å²) in [6.45, 7) is 0.417. The van der Waals surface area contributed by atoms with Crippen LogP contribution in [0.25, 0.3) is 119 Å². The van der Waals surface area contributed by atoms with E-state index in [1.165, 1.54) is 0 Å². The second-order valence-corrected chi connectivity index (χ2v) is 22.2. The van der Waals surface area contributed by atoms with Crippen molar-refractivity contribution in [3.8, 4) is 22.3 Å². The number of hydrogen-bond donors (Lipinski definition) is 0. The van der Waals surface area contributed by atoms with Crippen molar-refractivity contribution in [2.75, 3.05) is 6.64 Å². The normalized spacial score (nSPS) is 12.6. The van der Waals surface area contributed by atoms with Gasteiger partial charge in [-0.05, 0) is 196 Å². The molecule has 2 aliphatic rings. The van der Waals surface area contributed by atoms with Gasteiger partial charge >= 0.3 is 0 Å². The van der Waals surface area contributed by atoms with Gasteiger partial charge in [-0.1, -0.05) is 123 Å². The maximum Gasteiger partial charge on any atom is 0.234 e. The van der Waals surface area contributed by atoms with Crippen molar-refractivity contribution >= 4 is 161 Å². The van der Waals surface area contributed by atoms with Gasteiger partial charge in [-0.25, -0.2) is 0 Å². The minimum Gasteiger partial charge on any atom is -0.285 e. The SMILES string of the molecule is O=C1C(=O)c2ccc(Br)cc2-c2cc(Br)ccc21.O=C1C(=O)c2ccccc2-c2ccccc21.O=c1c(=O)c2ccc3cc2c2cc(ccc12)c1ccc2c(=O)c(=O)c4ccc(cc4c2c1)c1ccc2c(=O)c(=O)c4ccc3cc4c2c1.[2H]CP. The molecule has 14 aromatic rings. The third-order valence-corrected chi connectivity index (χ3v) is 16.8. The zero-order valence-electron chi connectivity index (χ0n) is 44.6. The molecule has 1 atom stereocenters. The van der Waals surface area contributed by atoms with E-state index >= 15 is 0 Å². The predicted molar refractivity (Wildman–Crippen MR) is 347 cm³/mol. The van der Waals surface area contributed by atoms with Gasteiger partial charge < -0.3 is 0 Å². The minimum absolute atomic E-state index is 0.299. The Hall–Kier alpha value is -9.71. The van der Waals surface area contributed by atoms with E-state index in [2.05, 4.69) is 41.1 Å². The van der Waals surface area contributed by atoms with E-state index < -0.39 is 55.7 Å². The molecule has 0 N–H and O–H groups in total. The Kier molecular flexibility index (Phi) is 12.9. The van der Waals surface area contributed by atoms with Gasteiger partial charge in [0.1, 0.15) is 0 Å². The van der Waals surface area contributed by atoms with Crippen molar-refractivity contribution in [2.45, 2.75) is 0 Å². The molecule has 0 heterocycles. The molecule has 1 unspecified atom stereocenters. The Morgan fingerprint density at radius 1 is 0.250 bits per heavy atom. The fraction of sp³-hybridized carbons (Fsp3) is 0.0141. The molecule has 12 bridgehead atoms. The smallest absolute Gasteiger partial charge is 0.234 e. The molecule has 0 radical (unpaired) electrons. The number of carbonyl (C=O) groups excluding carboxylic acids is 4. The number of halogens is 2. The van der Waals surface area contributed by atoms with Crippen LogP contribution in [0.4, 0.5) is 0 Å². The third-order valence-electron chi connectivity index (χ3n) is 15.9. The maximum absolute atomic E-state index is 13.2. The van der Waals surface area contributed by atoms with Gasteiger partial charge in [-0.2, -0.15) is 0 Å². The highest BCUT2D eigenvalue weighted by Gasteiger charge is 2.31. The van der Waals surface area contributed by atoms with Crippen LogP contribution in [-0.4, -0.2) is 29.8 Å². The predicted octanol–water partition coefficient (Wildman–Crippen LogP) is 14.0. The maximum atomic E-state index is 13.2. The molecule has 0 saturated heterocycles. The molecule has 0 amide bonds. The van der Waals surface area contributed by atoms with Crippen LogP contribution in [0.5, 0.6) is 0 Å². The molecule has 14 aromatic carbocycles. The van der Waals surface area contributed by atoms with E-state index in [1.54, 1.807) is 121 Å². The molecule has 0 fully saturated rings. The van der Waals surface area contributed by atoms with Crippen LogP contribution >= 0.6 is 41.1 Å². The largest absolute Gasteiger partial charge is 0.285 e. The molecular formula is C71H37Br2O10P. The second kappa shape index (κ2) is 20.6. The summed E-state index contributed by atoms with van der Waals surface area (Å²) in [4.78, 5) is 127. The highest BCUT2D eigenvalue weighted by molar-refractivity contribution is 9.10. The summed E-state index contributed by atoms with van der Waals surface area (Å²) in [5, 5.41) is 10.1. The molecule has 400 valence electrons. The van der Waals surface area contributed by atoms with Crippen molar-refractivity contribution < 1.29 is 20.5 Å². The van der Waals surface area contributed by atoms with Crippen molar-refractivity contribution in [1.29, 1.82) is 0 Å². The lowest BCUT2D eigenvalue weighted by atomic mass is 9.84. The molecule has 13 heteroatoms. The quantitative estimate of drug-likeness (QED) is 0.0808. The Morgan fingerprint density at radius 2 is 0.452 bits per heavy atom. The number of ketones is 4. The van der Waals surface area contributed by atoms with Crippen LogP contribution in [0, 0.1) is 0 Å². The molecule has 0 aliphatic heterocycles. The van der Waals surface area contributed by atoms with Crippen LogP contribution in [0.15, 0.2) is 232 Å². The molecular weight excluding hydrogens is 1200 g/mol. The third kappa shape index (κ3) is 8.47. The van der Waals surface area contributed by atoms with Crippen LogP contribution in [0.2, 0.25) is 0 Å². The van der Waals surface area contributed by atoms with E-state index in [9.17, 15) is 47.9 Å². The number of hydrogen-bond acceptors (Lipinski definition) is 10. The number of carbonyl (C=O) groups is 4.